The van der Waals surface area contributed by atoms with Gasteiger partial charge in [0, 0.05) is 21.4 Å². The molecule has 2 aromatic carbocycles. The summed E-state index contributed by atoms with van der Waals surface area (Å²) in [6, 6.07) is 15.0. The molecule has 0 N–H and O–H groups in total. The maximum absolute atomic E-state index is 13.5. The third-order valence-electron chi connectivity index (χ3n) is 4.94. The van der Waals surface area contributed by atoms with E-state index in [4.69, 9.17) is 9.47 Å². The van der Waals surface area contributed by atoms with Crippen molar-refractivity contribution >= 4 is 40.2 Å². The summed E-state index contributed by atoms with van der Waals surface area (Å²) in [5.41, 5.74) is 2.67. The van der Waals surface area contributed by atoms with Crippen LogP contribution >= 0.6 is 22.6 Å². The molecule has 1 aromatic heterocycles. The molecule has 1 aliphatic heterocycles. The number of hydrogen-bond acceptors (Lipinski definition) is 5. The number of carbonyl (C=O) groups excluding carboxylic acids is 2. The highest BCUT2D eigenvalue weighted by atomic mass is 127. The number of methoxy groups -OCH3 is 1. The van der Waals surface area contributed by atoms with Crippen LogP contribution < -0.4 is 9.64 Å². The van der Waals surface area contributed by atoms with E-state index in [0.29, 0.717) is 35.7 Å². The number of nitrogens with zero attached hydrogens (tertiary/aromatic N) is 3. The zero-order valence-electron chi connectivity index (χ0n) is 16.6. The molecule has 0 bridgehead atoms. The molecular formula is C22H20IN3O4. The minimum atomic E-state index is -0.517. The summed E-state index contributed by atoms with van der Waals surface area (Å²) >= 11 is 2.23. The lowest BCUT2D eigenvalue weighted by Gasteiger charge is -2.27. The summed E-state index contributed by atoms with van der Waals surface area (Å²) in [6.07, 6.45) is 0.511. The molecule has 154 valence electrons. The predicted molar refractivity (Wildman–Crippen MR) is 121 cm³/mol. The van der Waals surface area contributed by atoms with Crippen molar-refractivity contribution in [3.05, 3.63) is 69.1 Å². The summed E-state index contributed by atoms with van der Waals surface area (Å²) in [7, 11) is 1.59. The molecule has 0 unspecified atom stereocenters. The number of fused-ring (bicyclic) bond motifs is 1. The lowest BCUT2D eigenvalue weighted by molar-refractivity contribution is 0.0517. The van der Waals surface area contributed by atoms with E-state index < -0.39 is 5.97 Å². The molecule has 0 radical (unpaired) electrons. The second kappa shape index (κ2) is 8.47. The summed E-state index contributed by atoms with van der Waals surface area (Å²) in [5.74, 6) is -0.0231. The molecule has 7 nitrogen and oxygen atoms in total. The van der Waals surface area contributed by atoms with E-state index in [-0.39, 0.29) is 18.2 Å². The largest absolute Gasteiger partial charge is 0.497 e. The molecule has 8 heteroatoms. The highest BCUT2D eigenvalue weighted by Crippen LogP contribution is 2.30. The van der Waals surface area contributed by atoms with Gasteiger partial charge in [0.05, 0.1) is 19.4 Å². The number of esters is 1. The number of halogens is 1. The van der Waals surface area contributed by atoms with Gasteiger partial charge in [0.25, 0.3) is 5.91 Å². The Morgan fingerprint density at radius 2 is 1.77 bits per heavy atom. The molecular weight excluding hydrogens is 497 g/mol. The van der Waals surface area contributed by atoms with Crippen LogP contribution in [0.1, 0.15) is 33.5 Å². The third-order valence-corrected chi connectivity index (χ3v) is 5.66. The first-order valence-electron chi connectivity index (χ1n) is 9.54. The Morgan fingerprint density at radius 1 is 1.10 bits per heavy atom. The standard InChI is InChI=1S/C22H20IN3O4/c1-3-30-22(28)19-18-12-13-25(15-6-4-14(23)5-7-15)21(27)20(18)26(24-19)16-8-10-17(29-2)11-9-16/h4-11H,3,12-13H2,1-2H3. The van der Waals surface area contributed by atoms with Crippen LogP contribution in [0.4, 0.5) is 5.69 Å². The van der Waals surface area contributed by atoms with E-state index in [1.54, 1.807) is 43.2 Å². The number of carbonyl (C=O) groups is 2. The van der Waals surface area contributed by atoms with Gasteiger partial charge >= 0.3 is 5.97 Å². The van der Waals surface area contributed by atoms with Crippen LogP contribution in [0.15, 0.2) is 48.5 Å². The Morgan fingerprint density at radius 3 is 2.40 bits per heavy atom. The SMILES string of the molecule is CCOC(=O)c1nn(-c2ccc(OC)cc2)c2c1CCN(c1ccc(I)cc1)C2=O. The molecule has 1 aliphatic rings. The van der Waals surface area contributed by atoms with E-state index in [2.05, 4.69) is 27.7 Å². The zero-order valence-corrected chi connectivity index (χ0v) is 18.8. The Hall–Kier alpha value is -2.88. The third kappa shape index (κ3) is 3.67. The Bertz CT molecular complexity index is 1090. The fourth-order valence-corrected chi connectivity index (χ4v) is 3.86. The molecule has 0 saturated heterocycles. The minimum absolute atomic E-state index is 0.193. The van der Waals surface area contributed by atoms with Gasteiger partial charge in [-0.1, -0.05) is 0 Å². The average molecular weight is 517 g/mol. The van der Waals surface area contributed by atoms with Crippen molar-refractivity contribution in [2.24, 2.45) is 0 Å². The van der Waals surface area contributed by atoms with E-state index in [0.717, 1.165) is 9.26 Å². The molecule has 4 rings (SSSR count). The van der Waals surface area contributed by atoms with Gasteiger partial charge in [-0.2, -0.15) is 5.10 Å². The van der Waals surface area contributed by atoms with Crippen LogP contribution in [0.5, 0.6) is 5.75 Å². The monoisotopic (exact) mass is 517 g/mol. The number of ether oxygens (including phenoxy) is 2. The first-order chi connectivity index (χ1) is 14.5. The molecule has 0 aliphatic carbocycles. The number of rotatable bonds is 5. The highest BCUT2D eigenvalue weighted by molar-refractivity contribution is 14.1. The molecule has 0 fully saturated rings. The van der Waals surface area contributed by atoms with Crippen LogP contribution in [-0.4, -0.2) is 41.9 Å². The van der Waals surface area contributed by atoms with Crippen molar-refractivity contribution in [3.8, 4) is 11.4 Å². The average Bonchev–Trinajstić information content (AvgIpc) is 3.16. The zero-order chi connectivity index (χ0) is 21.3. The number of anilines is 1. The summed E-state index contributed by atoms with van der Waals surface area (Å²) in [4.78, 5) is 27.7. The van der Waals surface area contributed by atoms with Gasteiger partial charge < -0.3 is 14.4 Å². The Labute approximate surface area is 187 Å². The van der Waals surface area contributed by atoms with Gasteiger partial charge in [0.15, 0.2) is 5.69 Å². The second-order valence-electron chi connectivity index (χ2n) is 6.69. The first-order valence-corrected chi connectivity index (χ1v) is 10.6. The van der Waals surface area contributed by atoms with Gasteiger partial charge in [0.2, 0.25) is 0 Å². The molecule has 30 heavy (non-hydrogen) atoms. The Balaban J connectivity index is 1.82. The summed E-state index contributed by atoms with van der Waals surface area (Å²) in [6.45, 7) is 2.45. The van der Waals surface area contributed by atoms with Crippen LogP contribution in [0, 0.1) is 3.57 Å². The number of hydrogen-bond donors (Lipinski definition) is 0. The van der Waals surface area contributed by atoms with Gasteiger partial charge in [0.1, 0.15) is 11.4 Å². The van der Waals surface area contributed by atoms with Crippen molar-refractivity contribution in [3.63, 3.8) is 0 Å². The van der Waals surface area contributed by atoms with Crippen LogP contribution in [-0.2, 0) is 11.2 Å². The van der Waals surface area contributed by atoms with Gasteiger partial charge in [-0.25, -0.2) is 9.48 Å². The fraction of sp³-hybridized carbons (Fsp3) is 0.227. The van der Waals surface area contributed by atoms with Gasteiger partial charge in [-0.3, -0.25) is 4.79 Å². The maximum atomic E-state index is 13.5. The van der Waals surface area contributed by atoms with Crippen molar-refractivity contribution < 1.29 is 19.1 Å². The quantitative estimate of drug-likeness (QED) is 0.380. The van der Waals surface area contributed by atoms with Gasteiger partial charge in [-0.15, -0.1) is 0 Å². The van der Waals surface area contributed by atoms with Crippen LogP contribution in [0.3, 0.4) is 0 Å². The number of aromatic nitrogens is 2. The topological polar surface area (TPSA) is 73.7 Å². The van der Waals surface area contributed by atoms with E-state index >= 15 is 0 Å². The first kappa shape index (κ1) is 20.4. The molecule has 0 saturated carbocycles. The molecule has 3 aromatic rings. The smallest absolute Gasteiger partial charge is 0.359 e. The molecule has 1 amide bonds. The second-order valence-corrected chi connectivity index (χ2v) is 7.93. The fourth-order valence-electron chi connectivity index (χ4n) is 3.50. The van der Waals surface area contributed by atoms with E-state index in [1.807, 2.05) is 24.3 Å². The van der Waals surface area contributed by atoms with E-state index in [9.17, 15) is 9.59 Å². The van der Waals surface area contributed by atoms with Crippen molar-refractivity contribution in [2.75, 3.05) is 25.2 Å². The van der Waals surface area contributed by atoms with Crippen molar-refractivity contribution in [2.45, 2.75) is 13.3 Å². The highest BCUT2D eigenvalue weighted by Gasteiger charge is 2.35. The molecule has 0 spiro atoms. The normalized spacial score (nSPS) is 13.2. The summed E-state index contributed by atoms with van der Waals surface area (Å²) in [5, 5.41) is 4.48. The number of benzene rings is 2. The number of amides is 1. The van der Waals surface area contributed by atoms with Gasteiger partial charge in [-0.05, 0) is 84.5 Å². The lowest BCUT2D eigenvalue weighted by atomic mass is 10.0. The van der Waals surface area contributed by atoms with Crippen molar-refractivity contribution in [1.82, 2.24) is 9.78 Å². The predicted octanol–water partition coefficient (Wildman–Crippen LogP) is 3.87. The maximum Gasteiger partial charge on any atom is 0.359 e. The molecule has 0 atom stereocenters. The Kier molecular flexibility index (Phi) is 5.76. The lowest BCUT2D eigenvalue weighted by Crippen LogP contribution is -2.39. The van der Waals surface area contributed by atoms with Crippen LogP contribution in [0.25, 0.3) is 5.69 Å². The van der Waals surface area contributed by atoms with Crippen LogP contribution in [0.2, 0.25) is 0 Å². The van der Waals surface area contributed by atoms with E-state index in [1.165, 1.54) is 4.68 Å². The molecule has 2 heterocycles. The van der Waals surface area contributed by atoms with Crippen molar-refractivity contribution in [1.29, 1.82) is 0 Å². The summed E-state index contributed by atoms with van der Waals surface area (Å²) < 4.78 is 13.0. The minimum Gasteiger partial charge on any atom is -0.497 e.